The SMILES string of the molecule is Cc1ccc(C(=O)O)c(NC2C=CS(=O)(=O)C2)c1. The van der Waals surface area contributed by atoms with Gasteiger partial charge in [0.05, 0.1) is 17.4 Å². The van der Waals surface area contributed by atoms with Crippen LogP contribution in [0.1, 0.15) is 15.9 Å². The van der Waals surface area contributed by atoms with Crippen molar-refractivity contribution in [1.82, 2.24) is 0 Å². The average Bonchev–Trinajstić information content (AvgIpc) is 2.57. The van der Waals surface area contributed by atoms with Gasteiger partial charge in [0.25, 0.3) is 0 Å². The van der Waals surface area contributed by atoms with Crippen LogP contribution in [0.25, 0.3) is 0 Å². The summed E-state index contributed by atoms with van der Waals surface area (Å²) in [5.41, 5.74) is 1.49. The minimum Gasteiger partial charge on any atom is -0.478 e. The molecule has 0 amide bonds. The van der Waals surface area contributed by atoms with Gasteiger partial charge in [-0.3, -0.25) is 0 Å². The van der Waals surface area contributed by atoms with E-state index in [1.54, 1.807) is 12.1 Å². The van der Waals surface area contributed by atoms with E-state index in [0.717, 1.165) is 11.0 Å². The molecule has 2 N–H and O–H groups in total. The molecule has 1 aromatic rings. The fourth-order valence-electron chi connectivity index (χ4n) is 1.83. The van der Waals surface area contributed by atoms with Crippen molar-refractivity contribution in [2.45, 2.75) is 13.0 Å². The van der Waals surface area contributed by atoms with E-state index in [-0.39, 0.29) is 17.4 Å². The molecule has 1 heterocycles. The van der Waals surface area contributed by atoms with Gasteiger partial charge in [-0.15, -0.1) is 0 Å². The van der Waals surface area contributed by atoms with Gasteiger partial charge < -0.3 is 10.4 Å². The fraction of sp³-hybridized carbons (Fsp3) is 0.250. The molecule has 18 heavy (non-hydrogen) atoms. The molecule has 0 aliphatic carbocycles. The molecule has 0 bridgehead atoms. The topological polar surface area (TPSA) is 83.5 Å². The van der Waals surface area contributed by atoms with Crippen LogP contribution >= 0.6 is 0 Å². The van der Waals surface area contributed by atoms with E-state index in [0.29, 0.717) is 5.69 Å². The maximum absolute atomic E-state index is 11.3. The summed E-state index contributed by atoms with van der Waals surface area (Å²) >= 11 is 0. The highest BCUT2D eigenvalue weighted by Crippen LogP contribution is 2.21. The molecule has 1 aliphatic rings. The molecule has 1 aliphatic heterocycles. The smallest absolute Gasteiger partial charge is 0.337 e. The first-order valence-electron chi connectivity index (χ1n) is 5.39. The molecular weight excluding hydrogens is 254 g/mol. The largest absolute Gasteiger partial charge is 0.478 e. The number of aryl methyl sites for hydroxylation is 1. The summed E-state index contributed by atoms with van der Waals surface area (Å²) in [6.07, 6.45) is 1.53. The quantitative estimate of drug-likeness (QED) is 0.865. The third kappa shape index (κ3) is 2.70. The second-order valence-electron chi connectivity index (χ2n) is 4.26. The van der Waals surface area contributed by atoms with Crippen molar-refractivity contribution >= 4 is 21.5 Å². The number of benzene rings is 1. The summed E-state index contributed by atoms with van der Waals surface area (Å²) in [4.78, 5) is 11.1. The zero-order valence-electron chi connectivity index (χ0n) is 9.75. The molecule has 1 aromatic carbocycles. The number of carbonyl (C=O) groups is 1. The summed E-state index contributed by atoms with van der Waals surface area (Å²) in [7, 11) is -3.15. The Labute approximate surface area is 105 Å². The van der Waals surface area contributed by atoms with Crippen molar-refractivity contribution < 1.29 is 18.3 Å². The van der Waals surface area contributed by atoms with Crippen LogP contribution < -0.4 is 5.32 Å². The Bertz CT molecular complexity index is 619. The minimum absolute atomic E-state index is 0.0417. The van der Waals surface area contributed by atoms with E-state index < -0.39 is 15.8 Å². The lowest BCUT2D eigenvalue weighted by Crippen LogP contribution is -2.22. The Morgan fingerprint density at radius 1 is 1.44 bits per heavy atom. The van der Waals surface area contributed by atoms with Crippen molar-refractivity contribution in [3.8, 4) is 0 Å². The van der Waals surface area contributed by atoms with Gasteiger partial charge in [-0.1, -0.05) is 12.1 Å². The van der Waals surface area contributed by atoms with Crippen LogP contribution in [0.4, 0.5) is 5.69 Å². The van der Waals surface area contributed by atoms with E-state index in [1.165, 1.54) is 12.1 Å². The summed E-state index contributed by atoms with van der Waals surface area (Å²) in [6.45, 7) is 1.85. The number of sulfone groups is 1. The number of anilines is 1. The van der Waals surface area contributed by atoms with Gasteiger partial charge in [0, 0.05) is 11.1 Å². The van der Waals surface area contributed by atoms with Crippen molar-refractivity contribution in [3.05, 3.63) is 40.8 Å². The van der Waals surface area contributed by atoms with Crippen LogP contribution in [0.3, 0.4) is 0 Å². The number of carboxylic acid groups (broad SMARTS) is 1. The second kappa shape index (κ2) is 4.45. The van der Waals surface area contributed by atoms with Crippen molar-refractivity contribution in [2.75, 3.05) is 11.1 Å². The number of carboxylic acids is 1. The number of aromatic carboxylic acids is 1. The standard InChI is InChI=1S/C12H13NO4S/c1-8-2-3-10(12(14)15)11(6-8)13-9-4-5-18(16,17)7-9/h2-6,9,13H,7H2,1H3,(H,14,15). The van der Waals surface area contributed by atoms with E-state index >= 15 is 0 Å². The molecule has 96 valence electrons. The molecule has 5 nitrogen and oxygen atoms in total. The normalized spacial score (nSPS) is 20.8. The van der Waals surface area contributed by atoms with Crippen LogP contribution in [0, 0.1) is 6.92 Å². The van der Waals surface area contributed by atoms with Crippen molar-refractivity contribution in [3.63, 3.8) is 0 Å². The summed E-state index contributed by atoms with van der Waals surface area (Å²) < 4.78 is 22.5. The van der Waals surface area contributed by atoms with Gasteiger partial charge >= 0.3 is 5.97 Å². The Balaban J connectivity index is 2.27. The van der Waals surface area contributed by atoms with Crippen LogP contribution in [0.2, 0.25) is 0 Å². The van der Waals surface area contributed by atoms with E-state index in [1.807, 2.05) is 6.92 Å². The summed E-state index contributed by atoms with van der Waals surface area (Å²) in [5, 5.41) is 13.2. The highest BCUT2D eigenvalue weighted by Gasteiger charge is 2.22. The number of hydrogen-bond donors (Lipinski definition) is 2. The lowest BCUT2D eigenvalue weighted by atomic mass is 10.1. The molecule has 0 radical (unpaired) electrons. The zero-order valence-corrected chi connectivity index (χ0v) is 10.6. The minimum atomic E-state index is -3.15. The molecule has 0 fully saturated rings. The Hall–Kier alpha value is -1.82. The number of rotatable bonds is 3. The predicted molar refractivity (Wildman–Crippen MR) is 68.5 cm³/mol. The maximum atomic E-state index is 11.3. The third-order valence-corrected chi connectivity index (χ3v) is 4.07. The summed E-state index contributed by atoms with van der Waals surface area (Å²) in [6, 6.07) is 4.53. The monoisotopic (exact) mass is 267 g/mol. The highest BCUT2D eigenvalue weighted by atomic mass is 32.2. The molecule has 1 unspecified atom stereocenters. The highest BCUT2D eigenvalue weighted by molar-refractivity contribution is 7.94. The van der Waals surface area contributed by atoms with Gasteiger partial charge in [-0.2, -0.15) is 0 Å². The number of hydrogen-bond acceptors (Lipinski definition) is 4. The Kier molecular flexibility index (Phi) is 3.13. The van der Waals surface area contributed by atoms with E-state index in [9.17, 15) is 13.2 Å². The first-order chi connectivity index (χ1) is 8.37. The molecule has 0 spiro atoms. The molecule has 6 heteroatoms. The maximum Gasteiger partial charge on any atom is 0.337 e. The molecule has 0 saturated heterocycles. The zero-order chi connectivity index (χ0) is 13.3. The first-order valence-corrected chi connectivity index (χ1v) is 7.10. The molecule has 2 rings (SSSR count). The van der Waals surface area contributed by atoms with E-state index in [2.05, 4.69) is 5.32 Å². The third-order valence-electron chi connectivity index (χ3n) is 2.68. The van der Waals surface area contributed by atoms with E-state index in [4.69, 9.17) is 5.11 Å². The van der Waals surface area contributed by atoms with Gasteiger partial charge in [-0.25, -0.2) is 13.2 Å². The van der Waals surface area contributed by atoms with Crippen molar-refractivity contribution in [2.24, 2.45) is 0 Å². The van der Waals surface area contributed by atoms with Crippen LogP contribution in [0.15, 0.2) is 29.7 Å². The molecule has 0 aromatic heterocycles. The summed E-state index contributed by atoms with van der Waals surface area (Å²) in [5.74, 6) is -1.08. The van der Waals surface area contributed by atoms with Gasteiger partial charge in [-0.05, 0) is 24.6 Å². The lowest BCUT2D eigenvalue weighted by Gasteiger charge is -2.14. The molecule has 0 saturated carbocycles. The number of nitrogens with one attached hydrogen (secondary N) is 1. The average molecular weight is 267 g/mol. The van der Waals surface area contributed by atoms with Crippen LogP contribution in [0.5, 0.6) is 0 Å². The molecular formula is C12H13NO4S. The van der Waals surface area contributed by atoms with Gasteiger partial charge in [0.1, 0.15) is 0 Å². The van der Waals surface area contributed by atoms with Gasteiger partial charge in [0.15, 0.2) is 9.84 Å². The molecule has 1 atom stereocenters. The fourth-order valence-corrected chi connectivity index (χ4v) is 3.06. The van der Waals surface area contributed by atoms with Crippen LogP contribution in [-0.2, 0) is 9.84 Å². The van der Waals surface area contributed by atoms with Gasteiger partial charge in [0.2, 0.25) is 0 Å². The van der Waals surface area contributed by atoms with Crippen LogP contribution in [-0.4, -0.2) is 31.3 Å². The first kappa shape index (κ1) is 12.6. The second-order valence-corrected chi connectivity index (χ2v) is 6.19. The van der Waals surface area contributed by atoms with Crippen molar-refractivity contribution in [1.29, 1.82) is 0 Å². The Morgan fingerprint density at radius 3 is 2.72 bits per heavy atom. The predicted octanol–water partition coefficient (Wildman–Crippen LogP) is 1.42. The lowest BCUT2D eigenvalue weighted by molar-refractivity contribution is 0.0698. The Morgan fingerprint density at radius 2 is 2.17 bits per heavy atom.